The van der Waals surface area contributed by atoms with Crippen molar-refractivity contribution in [3.05, 3.63) is 29.8 Å². The van der Waals surface area contributed by atoms with Crippen LogP contribution in [0.4, 0.5) is 0 Å². The first kappa shape index (κ1) is 12.0. The van der Waals surface area contributed by atoms with E-state index in [9.17, 15) is 4.57 Å². The van der Waals surface area contributed by atoms with Crippen LogP contribution in [0.1, 0.15) is 12.5 Å². The average Bonchev–Trinajstić information content (AvgIpc) is 2.29. The molecule has 0 saturated heterocycles. The SMILES string of the molecule is C#Cc1ccc(P(=O)(OC)OCC)cc1. The first-order valence-electron chi connectivity index (χ1n) is 4.54. The summed E-state index contributed by atoms with van der Waals surface area (Å²) in [6.45, 7) is 2.10. The maximum Gasteiger partial charge on any atom is 0.361 e. The van der Waals surface area contributed by atoms with E-state index in [4.69, 9.17) is 15.5 Å². The molecule has 0 radical (unpaired) electrons. The van der Waals surface area contributed by atoms with E-state index in [-0.39, 0.29) is 0 Å². The lowest BCUT2D eigenvalue weighted by Gasteiger charge is -2.15. The predicted molar refractivity (Wildman–Crippen MR) is 60.3 cm³/mol. The van der Waals surface area contributed by atoms with Gasteiger partial charge in [-0.15, -0.1) is 6.42 Å². The molecular weight excluding hydrogens is 211 g/mol. The van der Waals surface area contributed by atoms with E-state index >= 15 is 0 Å². The second-order valence-electron chi connectivity index (χ2n) is 2.79. The van der Waals surface area contributed by atoms with Crippen molar-refractivity contribution >= 4 is 12.9 Å². The number of hydrogen-bond acceptors (Lipinski definition) is 3. The summed E-state index contributed by atoms with van der Waals surface area (Å²) in [5.41, 5.74) is 0.734. The number of hydrogen-bond donors (Lipinski definition) is 0. The largest absolute Gasteiger partial charge is 0.361 e. The van der Waals surface area contributed by atoms with Gasteiger partial charge in [-0.1, -0.05) is 5.92 Å². The zero-order valence-corrected chi connectivity index (χ0v) is 9.66. The van der Waals surface area contributed by atoms with E-state index in [0.717, 1.165) is 5.56 Å². The van der Waals surface area contributed by atoms with Gasteiger partial charge in [0, 0.05) is 12.7 Å². The molecule has 0 aliphatic carbocycles. The quantitative estimate of drug-likeness (QED) is 0.580. The Bertz CT molecular complexity index is 403. The lowest BCUT2D eigenvalue weighted by Crippen LogP contribution is -2.08. The van der Waals surface area contributed by atoms with Crippen molar-refractivity contribution in [2.75, 3.05) is 13.7 Å². The van der Waals surface area contributed by atoms with E-state index in [1.165, 1.54) is 7.11 Å². The second kappa shape index (κ2) is 5.14. The smallest absolute Gasteiger partial charge is 0.309 e. The highest BCUT2D eigenvalue weighted by molar-refractivity contribution is 7.62. The third-order valence-corrected chi connectivity index (χ3v) is 3.90. The molecule has 1 atom stereocenters. The summed E-state index contributed by atoms with van der Waals surface area (Å²) in [6, 6.07) is 6.74. The molecule has 3 nitrogen and oxygen atoms in total. The summed E-state index contributed by atoms with van der Waals surface area (Å²) in [5.74, 6) is 2.48. The highest BCUT2D eigenvalue weighted by atomic mass is 31.2. The van der Waals surface area contributed by atoms with Crippen LogP contribution in [0.2, 0.25) is 0 Å². The van der Waals surface area contributed by atoms with Gasteiger partial charge in [0.25, 0.3) is 0 Å². The lowest BCUT2D eigenvalue weighted by molar-refractivity contribution is 0.254. The minimum Gasteiger partial charge on any atom is -0.309 e. The topological polar surface area (TPSA) is 35.5 Å². The van der Waals surface area contributed by atoms with Crippen molar-refractivity contribution in [2.45, 2.75) is 6.92 Å². The highest BCUT2D eigenvalue weighted by Gasteiger charge is 2.24. The molecule has 15 heavy (non-hydrogen) atoms. The maximum atomic E-state index is 12.1. The minimum absolute atomic E-state index is 0.335. The van der Waals surface area contributed by atoms with Crippen molar-refractivity contribution in [3.8, 4) is 12.3 Å². The van der Waals surface area contributed by atoms with Crippen LogP contribution in [0.5, 0.6) is 0 Å². The molecule has 1 aromatic rings. The van der Waals surface area contributed by atoms with Crippen LogP contribution in [0.15, 0.2) is 24.3 Å². The van der Waals surface area contributed by atoms with Gasteiger partial charge in [0.15, 0.2) is 0 Å². The van der Waals surface area contributed by atoms with Gasteiger partial charge >= 0.3 is 7.60 Å². The van der Waals surface area contributed by atoms with Crippen molar-refractivity contribution < 1.29 is 13.6 Å². The van der Waals surface area contributed by atoms with Crippen molar-refractivity contribution in [1.82, 2.24) is 0 Å². The molecule has 0 aliphatic rings. The normalized spacial score (nSPS) is 14.2. The predicted octanol–water partition coefficient (Wildman–Crippen LogP) is 2.17. The number of rotatable bonds is 4. The summed E-state index contributed by atoms with van der Waals surface area (Å²) >= 11 is 0. The first-order valence-corrected chi connectivity index (χ1v) is 6.08. The zero-order chi connectivity index (χ0) is 11.3. The molecule has 0 N–H and O–H groups in total. The molecule has 4 heteroatoms. The minimum atomic E-state index is -3.15. The van der Waals surface area contributed by atoms with Crippen LogP contribution in [-0.2, 0) is 13.6 Å². The molecule has 0 amide bonds. The molecule has 0 spiro atoms. The van der Waals surface area contributed by atoms with Gasteiger partial charge < -0.3 is 9.05 Å². The van der Waals surface area contributed by atoms with Crippen LogP contribution < -0.4 is 5.30 Å². The van der Waals surface area contributed by atoms with E-state index in [1.54, 1.807) is 31.2 Å². The number of benzene rings is 1. The van der Waals surface area contributed by atoms with Crippen molar-refractivity contribution in [1.29, 1.82) is 0 Å². The average molecular weight is 224 g/mol. The Hall–Kier alpha value is -1.07. The van der Waals surface area contributed by atoms with E-state index in [1.807, 2.05) is 0 Å². The van der Waals surface area contributed by atoms with E-state index < -0.39 is 7.60 Å². The van der Waals surface area contributed by atoms with E-state index in [0.29, 0.717) is 11.9 Å². The Morgan fingerprint density at radius 1 is 1.40 bits per heavy atom. The van der Waals surface area contributed by atoms with Crippen molar-refractivity contribution in [3.63, 3.8) is 0 Å². The third-order valence-electron chi connectivity index (χ3n) is 1.89. The number of terminal acetylenes is 1. The van der Waals surface area contributed by atoms with Gasteiger partial charge in [-0.05, 0) is 31.2 Å². The molecular formula is C11H13O3P. The summed E-state index contributed by atoms with van der Waals surface area (Å²) in [6.07, 6.45) is 5.22. The molecule has 1 unspecified atom stereocenters. The van der Waals surface area contributed by atoms with Gasteiger partial charge in [-0.2, -0.15) is 0 Å². The van der Waals surface area contributed by atoms with Crippen LogP contribution in [-0.4, -0.2) is 13.7 Å². The summed E-state index contributed by atoms with van der Waals surface area (Å²) in [7, 11) is -1.78. The Labute approximate surface area is 89.9 Å². The van der Waals surface area contributed by atoms with Crippen LogP contribution in [0.25, 0.3) is 0 Å². The fourth-order valence-corrected chi connectivity index (χ4v) is 2.46. The lowest BCUT2D eigenvalue weighted by atomic mass is 10.2. The first-order chi connectivity index (χ1) is 7.16. The Balaban J connectivity index is 3.04. The zero-order valence-electron chi connectivity index (χ0n) is 8.77. The van der Waals surface area contributed by atoms with Crippen LogP contribution in [0, 0.1) is 12.3 Å². The Morgan fingerprint density at radius 3 is 2.40 bits per heavy atom. The summed E-state index contributed by atoms with van der Waals surface area (Å²) in [4.78, 5) is 0. The molecule has 0 heterocycles. The van der Waals surface area contributed by atoms with Gasteiger partial charge in [0.05, 0.1) is 11.9 Å². The third kappa shape index (κ3) is 2.70. The Kier molecular flexibility index (Phi) is 4.11. The molecule has 1 aromatic carbocycles. The molecule has 0 bridgehead atoms. The fourth-order valence-electron chi connectivity index (χ4n) is 1.14. The van der Waals surface area contributed by atoms with Gasteiger partial charge in [0.1, 0.15) is 0 Å². The van der Waals surface area contributed by atoms with Gasteiger partial charge in [-0.25, -0.2) is 0 Å². The fraction of sp³-hybridized carbons (Fsp3) is 0.273. The molecule has 0 fully saturated rings. The second-order valence-corrected chi connectivity index (χ2v) is 4.92. The standard InChI is InChI=1S/C11H13O3P/c1-4-10-6-8-11(9-7-10)15(12,13-3)14-5-2/h1,6-9H,5H2,2-3H3. The monoisotopic (exact) mass is 224 g/mol. The van der Waals surface area contributed by atoms with E-state index in [2.05, 4.69) is 5.92 Å². The van der Waals surface area contributed by atoms with Gasteiger partial charge in [-0.3, -0.25) is 4.57 Å². The molecule has 0 aromatic heterocycles. The molecule has 0 saturated carbocycles. The molecule has 80 valence electrons. The Morgan fingerprint density at radius 2 is 2.00 bits per heavy atom. The van der Waals surface area contributed by atoms with Crippen molar-refractivity contribution in [2.24, 2.45) is 0 Å². The maximum absolute atomic E-state index is 12.1. The van der Waals surface area contributed by atoms with Gasteiger partial charge in [0.2, 0.25) is 0 Å². The molecule has 0 aliphatic heterocycles. The summed E-state index contributed by atoms with van der Waals surface area (Å²) in [5, 5.41) is 0.519. The summed E-state index contributed by atoms with van der Waals surface area (Å²) < 4.78 is 22.1. The van der Waals surface area contributed by atoms with Crippen LogP contribution >= 0.6 is 7.60 Å². The highest BCUT2D eigenvalue weighted by Crippen LogP contribution is 2.45. The van der Waals surface area contributed by atoms with Crippen LogP contribution in [0.3, 0.4) is 0 Å². The molecule has 1 rings (SSSR count).